The van der Waals surface area contributed by atoms with Crippen molar-refractivity contribution in [2.24, 2.45) is 0 Å². The lowest BCUT2D eigenvalue weighted by atomic mass is 10.1. The Labute approximate surface area is 172 Å². The summed E-state index contributed by atoms with van der Waals surface area (Å²) in [6, 6.07) is 11.2. The lowest BCUT2D eigenvalue weighted by Gasteiger charge is -2.13. The molecule has 0 bridgehead atoms. The normalized spacial score (nSPS) is 11.3. The van der Waals surface area contributed by atoms with E-state index in [9.17, 15) is 22.4 Å². The van der Waals surface area contributed by atoms with Crippen LogP contribution in [0.1, 0.15) is 13.3 Å². The molecule has 0 atom stereocenters. The van der Waals surface area contributed by atoms with E-state index in [1.807, 2.05) is 0 Å². The van der Waals surface area contributed by atoms with Crippen LogP contribution < -0.4 is 10.3 Å². The van der Waals surface area contributed by atoms with Gasteiger partial charge in [0.1, 0.15) is 11.6 Å². The summed E-state index contributed by atoms with van der Waals surface area (Å²) in [5.41, 5.74) is 0.629. The van der Waals surface area contributed by atoms with Gasteiger partial charge in [-0.15, -0.1) is 0 Å². The Morgan fingerprint density at radius 2 is 1.73 bits per heavy atom. The average molecular weight is 430 g/mol. The summed E-state index contributed by atoms with van der Waals surface area (Å²) in [6.07, 6.45) is 2.62. The summed E-state index contributed by atoms with van der Waals surface area (Å²) < 4.78 is 43.3. The van der Waals surface area contributed by atoms with Crippen LogP contribution in [0.2, 0.25) is 0 Å². The third-order valence-electron chi connectivity index (χ3n) is 4.30. The minimum Gasteiger partial charge on any atom is -0.487 e. The Balaban J connectivity index is 2.09. The van der Waals surface area contributed by atoms with Crippen LogP contribution in [0.3, 0.4) is 0 Å². The van der Waals surface area contributed by atoms with Crippen LogP contribution in [0.4, 0.5) is 4.39 Å². The molecule has 0 aliphatic heterocycles. The second kappa shape index (κ2) is 8.58. The molecule has 2 aromatic carbocycles. The van der Waals surface area contributed by atoms with Gasteiger partial charge in [-0.1, -0.05) is 12.1 Å². The van der Waals surface area contributed by atoms with Crippen molar-refractivity contribution in [3.63, 3.8) is 0 Å². The number of nitrogens with zero attached hydrogens (tertiary/aromatic N) is 2. The summed E-state index contributed by atoms with van der Waals surface area (Å²) in [7, 11) is -3.37. The second-order valence-corrected chi connectivity index (χ2v) is 8.69. The first kappa shape index (κ1) is 21.4. The summed E-state index contributed by atoms with van der Waals surface area (Å²) >= 11 is 0. The van der Waals surface area contributed by atoms with Crippen molar-refractivity contribution in [3.8, 4) is 22.6 Å². The Morgan fingerprint density at radius 1 is 1.10 bits per heavy atom. The number of sulfone groups is 1. The first-order valence-corrected chi connectivity index (χ1v) is 10.9. The molecule has 1 heterocycles. The molecule has 7 nitrogen and oxygen atoms in total. The van der Waals surface area contributed by atoms with E-state index in [1.165, 1.54) is 49.5 Å². The maximum atomic E-state index is 13.2. The molecule has 0 radical (unpaired) electrons. The van der Waals surface area contributed by atoms with E-state index in [1.54, 1.807) is 12.1 Å². The fourth-order valence-electron chi connectivity index (χ4n) is 2.73. The first-order chi connectivity index (χ1) is 14.2. The molecule has 3 aromatic rings. The minimum atomic E-state index is -3.37. The molecule has 0 aliphatic rings. The Bertz CT molecular complexity index is 1230. The Kier molecular flexibility index (Phi) is 6.12. The number of carbonyl (C=O) groups excluding carboxylic acids is 1. The van der Waals surface area contributed by atoms with E-state index in [4.69, 9.17) is 4.74 Å². The minimum absolute atomic E-state index is 0.00751. The van der Waals surface area contributed by atoms with Crippen LogP contribution in [0, 0.1) is 5.82 Å². The third kappa shape index (κ3) is 4.80. The van der Waals surface area contributed by atoms with Gasteiger partial charge in [0.25, 0.3) is 0 Å². The quantitative estimate of drug-likeness (QED) is 0.572. The van der Waals surface area contributed by atoms with Crippen LogP contribution in [0.15, 0.2) is 64.4 Å². The van der Waals surface area contributed by atoms with E-state index in [0.29, 0.717) is 16.8 Å². The van der Waals surface area contributed by atoms with Crippen molar-refractivity contribution >= 4 is 15.6 Å². The molecule has 1 aromatic heterocycles. The van der Waals surface area contributed by atoms with Gasteiger partial charge in [0.05, 0.1) is 23.4 Å². The number of aromatic nitrogens is 2. The standard InChI is InChI=1S/C21H19FN2O5S/c1-14(25)11-12-29-20-19(15-3-9-18(10-4-15)30(2,27)28)13-23-24(21(20)26)17-7-5-16(22)6-8-17/h3-10,13H,11-12H2,1-2H3. The van der Waals surface area contributed by atoms with E-state index in [-0.39, 0.29) is 29.5 Å². The maximum absolute atomic E-state index is 13.2. The molecule has 9 heteroatoms. The summed E-state index contributed by atoms with van der Waals surface area (Å²) in [5, 5.41) is 4.15. The zero-order chi connectivity index (χ0) is 21.9. The highest BCUT2D eigenvalue weighted by Crippen LogP contribution is 2.28. The number of carbonyl (C=O) groups is 1. The number of Topliss-reactive ketones (excluding diaryl/α,β-unsaturated/α-hetero) is 1. The van der Waals surface area contributed by atoms with Gasteiger partial charge < -0.3 is 4.74 Å². The van der Waals surface area contributed by atoms with Crippen LogP contribution in [-0.4, -0.2) is 36.8 Å². The fourth-order valence-corrected chi connectivity index (χ4v) is 3.36. The van der Waals surface area contributed by atoms with Crippen LogP contribution in [0.5, 0.6) is 5.75 Å². The molecule has 0 unspecified atom stereocenters. The third-order valence-corrected chi connectivity index (χ3v) is 5.43. The van der Waals surface area contributed by atoms with Gasteiger partial charge >= 0.3 is 5.56 Å². The van der Waals surface area contributed by atoms with Gasteiger partial charge in [0, 0.05) is 18.2 Å². The second-order valence-electron chi connectivity index (χ2n) is 6.68. The molecule has 156 valence electrons. The SMILES string of the molecule is CC(=O)CCOc1c(-c2ccc(S(C)(=O)=O)cc2)cnn(-c2ccc(F)cc2)c1=O. The maximum Gasteiger partial charge on any atom is 0.314 e. The van der Waals surface area contributed by atoms with Crippen LogP contribution in [-0.2, 0) is 14.6 Å². The van der Waals surface area contributed by atoms with Crippen molar-refractivity contribution < 1.29 is 22.3 Å². The number of hydrogen-bond acceptors (Lipinski definition) is 6. The van der Waals surface area contributed by atoms with Gasteiger partial charge in [-0.25, -0.2) is 12.8 Å². The Hall–Kier alpha value is -3.33. The Morgan fingerprint density at radius 3 is 2.30 bits per heavy atom. The molecule has 0 saturated carbocycles. The summed E-state index contributed by atoms with van der Waals surface area (Å²) in [6.45, 7) is 1.41. The van der Waals surface area contributed by atoms with Gasteiger partial charge in [-0.3, -0.25) is 9.59 Å². The molecular weight excluding hydrogens is 411 g/mol. The highest BCUT2D eigenvalue weighted by atomic mass is 32.2. The molecule has 0 saturated heterocycles. The molecular formula is C21H19FN2O5S. The molecule has 0 aliphatic carbocycles. The van der Waals surface area contributed by atoms with Gasteiger partial charge in [-0.05, 0) is 48.9 Å². The zero-order valence-corrected chi connectivity index (χ0v) is 17.1. The molecule has 0 spiro atoms. The van der Waals surface area contributed by atoms with Gasteiger partial charge in [0.2, 0.25) is 0 Å². The number of ether oxygens (including phenoxy) is 1. The predicted molar refractivity (Wildman–Crippen MR) is 109 cm³/mol. The summed E-state index contributed by atoms with van der Waals surface area (Å²) in [5.74, 6) is -0.586. The van der Waals surface area contributed by atoms with E-state index >= 15 is 0 Å². The lowest BCUT2D eigenvalue weighted by Crippen LogP contribution is -2.24. The van der Waals surface area contributed by atoms with Crippen molar-refractivity contribution in [1.82, 2.24) is 9.78 Å². The molecule has 30 heavy (non-hydrogen) atoms. The van der Waals surface area contributed by atoms with Crippen molar-refractivity contribution in [1.29, 1.82) is 0 Å². The number of rotatable bonds is 7. The molecule has 0 amide bonds. The smallest absolute Gasteiger partial charge is 0.314 e. The number of hydrogen-bond donors (Lipinski definition) is 0. The van der Waals surface area contributed by atoms with Gasteiger partial charge in [-0.2, -0.15) is 9.78 Å². The summed E-state index contributed by atoms with van der Waals surface area (Å²) in [4.78, 5) is 24.4. The lowest BCUT2D eigenvalue weighted by molar-refractivity contribution is -0.117. The number of halogens is 1. The number of benzene rings is 2. The van der Waals surface area contributed by atoms with E-state index < -0.39 is 21.2 Å². The number of ketones is 1. The zero-order valence-electron chi connectivity index (χ0n) is 16.3. The average Bonchev–Trinajstić information content (AvgIpc) is 2.69. The van der Waals surface area contributed by atoms with E-state index in [2.05, 4.69) is 5.10 Å². The largest absolute Gasteiger partial charge is 0.487 e. The predicted octanol–water partition coefficient (Wildman–Crippen LogP) is 2.80. The highest BCUT2D eigenvalue weighted by molar-refractivity contribution is 7.90. The fraction of sp³-hybridized carbons (Fsp3) is 0.190. The van der Waals surface area contributed by atoms with Crippen LogP contribution >= 0.6 is 0 Å². The molecule has 3 rings (SSSR count). The van der Waals surface area contributed by atoms with Crippen molar-refractivity contribution in [2.45, 2.75) is 18.2 Å². The highest BCUT2D eigenvalue weighted by Gasteiger charge is 2.17. The molecule has 0 N–H and O–H groups in total. The monoisotopic (exact) mass is 430 g/mol. The van der Waals surface area contributed by atoms with Crippen molar-refractivity contribution in [2.75, 3.05) is 12.9 Å². The van der Waals surface area contributed by atoms with Crippen LogP contribution in [0.25, 0.3) is 16.8 Å². The topological polar surface area (TPSA) is 95.3 Å². The van der Waals surface area contributed by atoms with E-state index in [0.717, 1.165) is 10.9 Å². The van der Waals surface area contributed by atoms with Gasteiger partial charge in [0.15, 0.2) is 15.6 Å². The van der Waals surface area contributed by atoms with Crippen molar-refractivity contribution in [3.05, 3.63) is 70.9 Å². The first-order valence-electron chi connectivity index (χ1n) is 8.98. The molecule has 0 fully saturated rings.